The SMILES string of the molecule is CCNc1cc(NC(C)c2nccs2)nc(SC)n1. The standard InChI is InChI=1S/C12H17N5S2/c1-4-13-9-7-10(17-12(16-9)18-3)15-8(2)11-14-5-6-19-11/h5-8H,4H2,1-3H3,(H2,13,15,16,17). The molecule has 2 rings (SSSR count). The first kappa shape index (κ1) is 14.1. The third-order valence-corrected chi connectivity index (χ3v) is 3.94. The topological polar surface area (TPSA) is 62.7 Å². The fourth-order valence-electron chi connectivity index (χ4n) is 1.59. The molecule has 7 heteroatoms. The molecule has 19 heavy (non-hydrogen) atoms. The van der Waals surface area contributed by atoms with Crippen LogP contribution in [-0.4, -0.2) is 27.8 Å². The molecular weight excluding hydrogens is 278 g/mol. The van der Waals surface area contributed by atoms with E-state index in [0.717, 1.165) is 28.3 Å². The van der Waals surface area contributed by atoms with Gasteiger partial charge in [-0.15, -0.1) is 11.3 Å². The summed E-state index contributed by atoms with van der Waals surface area (Å²) in [6.45, 7) is 4.96. The van der Waals surface area contributed by atoms with Crippen molar-refractivity contribution in [3.63, 3.8) is 0 Å². The summed E-state index contributed by atoms with van der Waals surface area (Å²) in [5.41, 5.74) is 0. The van der Waals surface area contributed by atoms with Crippen LogP contribution in [0.2, 0.25) is 0 Å². The van der Waals surface area contributed by atoms with Gasteiger partial charge in [0.15, 0.2) is 5.16 Å². The van der Waals surface area contributed by atoms with Crippen molar-refractivity contribution in [1.29, 1.82) is 0 Å². The van der Waals surface area contributed by atoms with Crippen molar-refractivity contribution < 1.29 is 0 Å². The minimum atomic E-state index is 0.138. The summed E-state index contributed by atoms with van der Waals surface area (Å²) in [4.78, 5) is 13.2. The van der Waals surface area contributed by atoms with Crippen LogP contribution >= 0.6 is 23.1 Å². The summed E-state index contributed by atoms with van der Waals surface area (Å²) >= 11 is 3.17. The van der Waals surface area contributed by atoms with Gasteiger partial charge in [-0.05, 0) is 20.1 Å². The van der Waals surface area contributed by atoms with Crippen LogP contribution in [0.25, 0.3) is 0 Å². The Hall–Kier alpha value is -1.34. The summed E-state index contributed by atoms with van der Waals surface area (Å²) in [6, 6.07) is 2.06. The molecule has 2 heterocycles. The predicted octanol–water partition coefficient (Wildman–Crippen LogP) is 3.26. The van der Waals surface area contributed by atoms with Crippen LogP contribution < -0.4 is 10.6 Å². The summed E-state index contributed by atoms with van der Waals surface area (Å²) in [5, 5.41) is 10.4. The summed E-state index contributed by atoms with van der Waals surface area (Å²) in [6.07, 6.45) is 3.79. The fourth-order valence-corrected chi connectivity index (χ4v) is 2.62. The first-order valence-electron chi connectivity index (χ1n) is 6.05. The lowest BCUT2D eigenvalue weighted by Gasteiger charge is -2.13. The Bertz CT molecular complexity index is 515. The van der Waals surface area contributed by atoms with Gasteiger partial charge in [0.05, 0.1) is 6.04 Å². The van der Waals surface area contributed by atoms with Gasteiger partial charge >= 0.3 is 0 Å². The van der Waals surface area contributed by atoms with Gasteiger partial charge in [0.1, 0.15) is 16.6 Å². The number of nitrogens with one attached hydrogen (secondary N) is 2. The van der Waals surface area contributed by atoms with E-state index >= 15 is 0 Å². The van der Waals surface area contributed by atoms with Crippen LogP contribution in [-0.2, 0) is 0 Å². The minimum absolute atomic E-state index is 0.138. The molecule has 0 fully saturated rings. The van der Waals surface area contributed by atoms with Crippen molar-refractivity contribution in [2.24, 2.45) is 0 Å². The highest BCUT2D eigenvalue weighted by Gasteiger charge is 2.10. The van der Waals surface area contributed by atoms with E-state index in [1.165, 1.54) is 11.8 Å². The van der Waals surface area contributed by atoms with Gasteiger partial charge in [-0.2, -0.15) is 0 Å². The Labute approximate surface area is 121 Å². The van der Waals surface area contributed by atoms with Crippen molar-refractivity contribution in [2.45, 2.75) is 25.0 Å². The highest BCUT2D eigenvalue weighted by Crippen LogP contribution is 2.23. The average molecular weight is 295 g/mol. The second kappa shape index (κ2) is 6.72. The molecule has 2 aromatic rings. The molecule has 2 aromatic heterocycles. The highest BCUT2D eigenvalue weighted by molar-refractivity contribution is 7.98. The largest absolute Gasteiger partial charge is 0.370 e. The molecule has 0 aliphatic carbocycles. The minimum Gasteiger partial charge on any atom is -0.370 e. The van der Waals surface area contributed by atoms with Crippen LogP contribution in [0.5, 0.6) is 0 Å². The van der Waals surface area contributed by atoms with Gasteiger partial charge in [0.2, 0.25) is 0 Å². The van der Waals surface area contributed by atoms with Crippen molar-refractivity contribution in [3.05, 3.63) is 22.7 Å². The fraction of sp³-hybridized carbons (Fsp3) is 0.417. The summed E-state index contributed by atoms with van der Waals surface area (Å²) in [7, 11) is 0. The molecule has 0 amide bonds. The number of hydrogen-bond acceptors (Lipinski definition) is 7. The molecule has 2 N–H and O–H groups in total. The number of rotatable bonds is 6. The van der Waals surface area contributed by atoms with Crippen LogP contribution in [0, 0.1) is 0 Å². The van der Waals surface area contributed by atoms with Crippen molar-refractivity contribution in [2.75, 3.05) is 23.4 Å². The molecule has 0 spiro atoms. The van der Waals surface area contributed by atoms with Crippen LogP contribution in [0.15, 0.2) is 22.8 Å². The predicted molar refractivity (Wildman–Crippen MR) is 82.1 cm³/mol. The Kier molecular flexibility index (Phi) is 4.98. The number of thioether (sulfide) groups is 1. The number of aromatic nitrogens is 3. The zero-order valence-corrected chi connectivity index (χ0v) is 12.8. The smallest absolute Gasteiger partial charge is 0.191 e. The molecule has 0 saturated heterocycles. The first-order chi connectivity index (χ1) is 9.22. The Morgan fingerprint density at radius 1 is 1.37 bits per heavy atom. The van der Waals surface area contributed by atoms with E-state index in [1.54, 1.807) is 11.3 Å². The van der Waals surface area contributed by atoms with Gasteiger partial charge in [0, 0.05) is 24.2 Å². The van der Waals surface area contributed by atoms with Gasteiger partial charge in [-0.3, -0.25) is 0 Å². The summed E-state index contributed by atoms with van der Waals surface area (Å²) < 4.78 is 0. The van der Waals surface area contributed by atoms with Gasteiger partial charge < -0.3 is 10.6 Å². The normalized spacial score (nSPS) is 12.2. The van der Waals surface area contributed by atoms with Crippen molar-refractivity contribution in [1.82, 2.24) is 15.0 Å². The molecule has 102 valence electrons. The van der Waals surface area contributed by atoms with E-state index in [9.17, 15) is 0 Å². The van der Waals surface area contributed by atoms with Gasteiger partial charge in [0.25, 0.3) is 0 Å². The number of thiazole rings is 1. The zero-order valence-electron chi connectivity index (χ0n) is 11.2. The molecule has 0 radical (unpaired) electrons. The maximum atomic E-state index is 4.46. The number of hydrogen-bond donors (Lipinski definition) is 2. The first-order valence-corrected chi connectivity index (χ1v) is 8.16. The lowest BCUT2D eigenvalue weighted by atomic mass is 10.3. The third-order valence-electron chi connectivity index (χ3n) is 2.43. The van der Waals surface area contributed by atoms with E-state index in [2.05, 4.69) is 32.5 Å². The van der Waals surface area contributed by atoms with Crippen LogP contribution in [0.4, 0.5) is 11.6 Å². The Balaban J connectivity index is 2.16. The van der Waals surface area contributed by atoms with Crippen molar-refractivity contribution in [3.8, 4) is 0 Å². The Morgan fingerprint density at radius 2 is 2.16 bits per heavy atom. The Morgan fingerprint density at radius 3 is 2.79 bits per heavy atom. The van der Waals surface area contributed by atoms with E-state index < -0.39 is 0 Å². The van der Waals surface area contributed by atoms with E-state index in [0.29, 0.717) is 0 Å². The number of anilines is 2. The maximum Gasteiger partial charge on any atom is 0.191 e. The van der Waals surface area contributed by atoms with Crippen LogP contribution in [0.3, 0.4) is 0 Å². The average Bonchev–Trinajstić information content (AvgIpc) is 2.92. The lowest BCUT2D eigenvalue weighted by Crippen LogP contribution is -2.10. The van der Waals surface area contributed by atoms with Gasteiger partial charge in [-0.25, -0.2) is 15.0 Å². The lowest BCUT2D eigenvalue weighted by molar-refractivity contribution is 0.845. The monoisotopic (exact) mass is 295 g/mol. The van der Waals surface area contributed by atoms with E-state index in [1.807, 2.05) is 30.8 Å². The molecule has 0 bridgehead atoms. The van der Waals surface area contributed by atoms with E-state index in [4.69, 9.17) is 0 Å². The highest BCUT2D eigenvalue weighted by atomic mass is 32.2. The zero-order chi connectivity index (χ0) is 13.7. The molecular formula is C12H17N5S2. The molecule has 0 saturated carbocycles. The maximum absolute atomic E-state index is 4.46. The van der Waals surface area contributed by atoms with E-state index in [-0.39, 0.29) is 6.04 Å². The molecule has 1 unspecified atom stereocenters. The molecule has 0 aliphatic rings. The second-order valence-corrected chi connectivity index (χ2v) is 5.59. The van der Waals surface area contributed by atoms with Crippen molar-refractivity contribution >= 4 is 34.7 Å². The quantitative estimate of drug-likeness (QED) is 0.630. The van der Waals surface area contributed by atoms with Gasteiger partial charge in [-0.1, -0.05) is 11.8 Å². The molecule has 0 aliphatic heterocycles. The second-order valence-electron chi connectivity index (χ2n) is 3.89. The molecule has 5 nitrogen and oxygen atoms in total. The summed E-state index contributed by atoms with van der Waals surface area (Å²) in [5.74, 6) is 1.66. The third kappa shape index (κ3) is 3.81. The molecule has 0 aromatic carbocycles. The molecule has 1 atom stereocenters. The number of nitrogens with zero attached hydrogens (tertiary/aromatic N) is 3. The van der Waals surface area contributed by atoms with Crippen LogP contribution in [0.1, 0.15) is 24.9 Å².